The number of benzene rings is 2. The van der Waals surface area contributed by atoms with Gasteiger partial charge in [-0.2, -0.15) is 0 Å². The van der Waals surface area contributed by atoms with Gasteiger partial charge in [0.05, 0.1) is 13.1 Å². The lowest BCUT2D eigenvalue weighted by Crippen LogP contribution is -2.51. The Hall–Kier alpha value is -2.77. The van der Waals surface area contributed by atoms with Crippen molar-refractivity contribution in [3.8, 4) is 0 Å². The molecule has 1 aliphatic heterocycles. The summed E-state index contributed by atoms with van der Waals surface area (Å²) in [6.07, 6.45) is 0. The van der Waals surface area contributed by atoms with Gasteiger partial charge in [0.1, 0.15) is 5.82 Å². The molecule has 2 amide bonds. The summed E-state index contributed by atoms with van der Waals surface area (Å²) < 4.78 is 13.3. The van der Waals surface area contributed by atoms with E-state index in [4.69, 9.17) is 0 Å². The molecule has 1 aliphatic rings. The van der Waals surface area contributed by atoms with E-state index in [2.05, 4.69) is 15.1 Å². The molecule has 2 aromatic carbocycles. The van der Waals surface area contributed by atoms with E-state index < -0.39 is 0 Å². The highest BCUT2D eigenvalue weighted by Gasteiger charge is 2.22. The summed E-state index contributed by atoms with van der Waals surface area (Å²) in [6.45, 7) is 8.03. The number of halogens is 1. The van der Waals surface area contributed by atoms with Gasteiger partial charge in [0, 0.05) is 45.5 Å². The van der Waals surface area contributed by atoms with Crippen molar-refractivity contribution >= 4 is 17.5 Å². The van der Waals surface area contributed by atoms with Crippen LogP contribution in [0.25, 0.3) is 0 Å². The highest BCUT2D eigenvalue weighted by Crippen LogP contribution is 2.18. The highest BCUT2D eigenvalue weighted by atomic mass is 19.1. The second-order valence-corrected chi connectivity index (χ2v) is 8.23. The third-order valence-electron chi connectivity index (χ3n) is 5.80. The van der Waals surface area contributed by atoms with Gasteiger partial charge in [-0.1, -0.05) is 24.3 Å². The Morgan fingerprint density at radius 2 is 1.65 bits per heavy atom. The molecule has 0 bridgehead atoms. The first-order valence-corrected chi connectivity index (χ1v) is 10.6. The second-order valence-electron chi connectivity index (χ2n) is 8.23. The number of nitrogens with one attached hydrogen (secondary N) is 1. The van der Waals surface area contributed by atoms with Crippen molar-refractivity contribution in [2.75, 3.05) is 51.6 Å². The van der Waals surface area contributed by atoms with Crippen molar-refractivity contribution in [3.63, 3.8) is 0 Å². The molecule has 6 nitrogen and oxygen atoms in total. The van der Waals surface area contributed by atoms with Crippen LogP contribution in [-0.4, -0.2) is 72.8 Å². The minimum Gasteiger partial charge on any atom is -0.340 e. The van der Waals surface area contributed by atoms with Gasteiger partial charge in [-0.05, 0) is 48.7 Å². The van der Waals surface area contributed by atoms with E-state index in [0.29, 0.717) is 19.6 Å². The standard InChI is InChI=1S/C24H31FN4O2/c1-18-6-4-9-22(19(18)2)26-23(30)16-28-10-12-29(13-11-28)17-24(31)27(3)15-20-7-5-8-21(25)14-20/h4-9,14H,10-13,15-17H2,1-3H3,(H,26,30). The first kappa shape index (κ1) is 22.9. The summed E-state index contributed by atoms with van der Waals surface area (Å²) in [7, 11) is 1.74. The number of likely N-dealkylation sites (N-methyl/N-ethyl adjacent to an activating group) is 1. The Kier molecular flexibility index (Phi) is 7.76. The lowest BCUT2D eigenvalue weighted by Gasteiger charge is -2.34. The maximum Gasteiger partial charge on any atom is 0.238 e. The van der Waals surface area contributed by atoms with Gasteiger partial charge in [-0.15, -0.1) is 0 Å². The molecule has 1 fully saturated rings. The minimum atomic E-state index is -0.295. The number of hydrogen-bond acceptors (Lipinski definition) is 4. The van der Waals surface area contributed by atoms with E-state index in [1.54, 1.807) is 18.0 Å². The van der Waals surface area contributed by atoms with Crippen molar-refractivity contribution in [2.24, 2.45) is 0 Å². The van der Waals surface area contributed by atoms with Gasteiger partial charge in [-0.25, -0.2) is 4.39 Å². The average Bonchev–Trinajstić information content (AvgIpc) is 2.73. The fourth-order valence-electron chi connectivity index (χ4n) is 3.69. The summed E-state index contributed by atoms with van der Waals surface area (Å²) in [5.41, 5.74) is 3.87. The third-order valence-corrected chi connectivity index (χ3v) is 5.80. The van der Waals surface area contributed by atoms with Gasteiger partial charge in [0.25, 0.3) is 0 Å². The van der Waals surface area contributed by atoms with Crippen LogP contribution in [0.5, 0.6) is 0 Å². The molecule has 0 spiro atoms. The Morgan fingerprint density at radius 3 is 2.32 bits per heavy atom. The normalized spacial score (nSPS) is 15.0. The predicted molar refractivity (Wildman–Crippen MR) is 120 cm³/mol. The van der Waals surface area contributed by atoms with Crippen LogP contribution in [-0.2, 0) is 16.1 Å². The van der Waals surface area contributed by atoms with Crippen molar-refractivity contribution < 1.29 is 14.0 Å². The van der Waals surface area contributed by atoms with Crippen LogP contribution in [0.3, 0.4) is 0 Å². The third kappa shape index (κ3) is 6.60. The maximum atomic E-state index is 13.3. The average molecular weight is 427 g/mol. The van der Waals surface area contributed by atoms with E-state index in [9.17, 15) is 14.0 Å². The number of piperazine rings is 1. The summed E-state index contributed by atoms with van der Waals surface area (Å²) in [6, 6.07) is 12.2. The number of carbonyl (C=O) groups excluding carboxylic acids is 2. The SMILES string of the molecule is Cc1cccc(NC(=O)CN2CCN(CC(=O)N(C)Cc3cccc(F)c3)CC2)c1C. The summed E-state index contributed by atoms with van der Waals surface area (Å²) in [5, 5.41) is 3.00. The molecule has 0 radical (unpaired) electrons. The molecule has 3 rings (SSSR count). The van der Waals surface area contributed by atoms with Gasteiger partial charge in [0.15, 0.2) is 0 Å². The summed E-state index contributed by atoms with van der Waals surface area (Å²) >= 11 is 0. The quantitative estimate of drug-likeness (QED) is 0.740. The Morgan fingerprint density at radius 1 is 1.00 bits per heavy atom. The zero-order valence-corrected chi connectivity index (χ0v) is 18.5. The molecule has 0 aromatic heterocycles. The van der Waals surface area contributed by atoms with Crippen molar-refractivity contribution in [1.82, 2.24) is 14.7 Å². The van der Waals surface area contributed by atoms with Crippen molar-refractivity contribution in [1.29, 1.82) is 0 Å². The zero-order valence-electron chi connectivity index (χ0n) is 18.5. The molecular weight excluding hydrogens is 395 g/mol. The number of rotatable bonds is 7. The molecule has 31 heavy (non-hydrogen) atoms. The van der Waals surface area contributed by atoms with E-state index in [1.165, 1.54) is 12.1 Å². The minimum absolute atomic E-state index is 0.00498. The molecule has 166 valence electrons. The number of anilines is 1. The summed E-state index contributed by atoms with van der Waals surface area (Å²) in [4.78, 5) is 30.8. The van der Waals surface area contributed by atoms with Crippen molar-refractivity contribution in [2.45, 2.75) is 20.4 Å². The Labute approximate surface area is 183 Å². The zero-order chi connectivity index (χ0) is 22.4. The van der Waals surface area contributed by atoms with E-state index >= 15 is 0 Å². The highest BCUT2D eigenvalue weighted by molar-refractivity contribution is 5.93. The molecule has 0 saturated carbocycles. The van der Waals surface area contributed by atoms with Gasteiger partial charge >= 0.3 is 0 Å². The molecule has 1 N–H and O–H groups in total. The molecule has 0 atom stereocenters. The van der Waals surface area contributed by atoms with E-state index in [0.717, 1.165) is 48.6 Å². The molecular formula is C24H31FN4O2. The molecule has 0 unspecified atom stereocenters. The predicted octanol–water partition coefficient (Wildman–Crippen LogP) is 2.66. The maximum absolute atomic E-state index is 13.3. The Balaban J connectivity index is 1.41. The van der Waals surface area contributed by atoms with E-state index in [-0.39, 0.29) is 17.6 Å². The topological polar surface area (TPSA) is 55.9 Å². The number of aryl methyl sites for hydroxylation is 1. The summed E-state index contributed by atoms with van der Waals surface area (Å²) in [5.74, 6) is -0.311. The van der Waals surface area contributed by atoms with Gasteiger partial charge in [0.2, 0.25) is 11.8 Å². The lowest BCUT2D eigenvalue weighted by molar-refractivity contribution is -0.132. The van der Waals surface area contributed by atoms with Crippen LogP contribution in [0.2, 0.25) is 0 Å². The van der Waals surface area contributed by atoms with Gasteiger partial charge in [-0.3, -0.25) is 19.4 Å². The smallest absolute Gasteiger partial charge is 0.238 e. The first-order chi connectivity index (χ1) is 14.8. The Bertz CT molecular complexity index is 926. The second kappa shape index (κ2) is 10.5. The van der Waals surface area contributed by atoms with Crippen LogP contribution in [0.1, 0.15) is 16.7 Å². The van der Waals surface area contributed by atoms with Crippen molar-refractivity contribution in [3.05, 3.63) is 65.0 Å². The molecule has 1 saturated heterocycles. The largest absolute Gasteiger partial charge is 0.340 e. The number of nitrogens with zero attached hydrogens (tertiary/aromatic N) is 3. The molecule has 7 heteroatoms. The first-order valence-electron chi connectivity index (χ1n) is 10.6. The number of carbonyl (C=O) groups is 2. The van der Waals surface area contributed by atoms with Gasteiger partial charge < -0.3 is 10.2 Å². The number of amides is 2. The molecule has 2 aromatic rings. The van der Waals surface area contributed by atoms with Crippen LogP contribution in [0.4, 0.5) is 10.1 Å². The van der Waals surface area contributed by atoms with Crippen LogP contribution in [0, 0.1) is 19.7 Å². The van der Waals surface area contributed by atoms with Crippen LogP contribution in [0.15, 0.2) is 42.5 Å². The monoisotopic (exact) mass is 426 g/mol. The van der Waals surface area contributed by atoms with Crippen LogP contribution < -0.4 is 5.32 Å². The molecule has 1 heterocycles. The fraction of sp³-hybridized carbons (Fsp3) is 0.417. The van der Waals surface area contributed by atoms with E-state index in [1.807, 2.05) is 38.1 Å². The molecule has 0 aliphatic carbocycles. The lowest BCUT2D eigenvalue weighted by atomic mass is 10.1. The fourth-order valence-corrected chi connectivity index (χ4v) is 3.69. The number of hydrogen-bond donors (Lipinski definition) is 1. The van der Waals surface area contributed by atoms with Crippen LogP contribution >= 0.6 is 0 Å².